The Morgan fingerprint density at radius 3 is 2.04 bits per heavy atom. The first-order chi connectivity index (χ1) is 11.4. The van der Waals surface area contributed by atoms with Crippen molar-refractivity contribution in [1.29, 1.82) is 0 Å². The molecule has 7 nitrogen and oxygen atoms in total. The lowest BCUT2D eigenvalue weighted by Crippen LogP contribution is -2.17. The van der Waals surface area contributed by atoms with Crippen LogP contribution in [0.2, 0.25) is 0 Å². The fourth-order valence-corrected chi connectivity index (χ4v) is 3.38. The average molecular weight is 396 g/mol. The van der Waals surface area contributed by atoms with Gasteiger partial charge >= 0.3 is 6.36 Å². The zero-order chi connectivity index (χ0) is 18.9. The molecule has 2 aromatic carbocycles. The number of hydrogen-bond acceptors (Lipinski definition) is 5. The van der Waals surface area contributed by atoms with Crippen molar-refractivity contribution in [2.75, 3.05) is 4.72 Å². The van der Waals surface area contributed by atoms with Gasteiger partial charge in [0.1, 0.15) is 5.75 Å². The molecular formula is C13H11F3N2O5S2. The molecule has 0 saturated heterocycles. The maximum absolute atomic E-state index is 12.2. The maximum Gasteiger partial charge on any atom is 0.573 e. The van der Waals surface area contributed by atoms with Gasteiger partial charge in [0, 0.05) is 0 Å². The Balaban J connectivity index is 2.25. The highest BCUT2D eigenvalue weighted by atomic mass is 32.2. The number of hydrogen-bond donors (Lipinski definition) is 2. The third kappa shape index (κ3) is 5.34. The third-order valence-corrected chi connectivity index (χ3v) is 5.09. The maximum atomic E-state index is 12.2. The number of sulfonamides is 2. The van der Waals surface area contributed by atoms with Gasteiger partial charge in [-0.2, -0.15) is 0 Å². The Kier molecular flexibility index (Phi) is 4.97. The van der Waals surface area contributed by atoms with Gasteiger partial charge in [0.15, 0.2) is 0 Å². The van der Waals surface area contributed by atoms with E-state index in [1.807, 2.05) is 0 Å². The number of nitrogens with one attached hydrogen (secondary N) is 1. The average Bonchev–Trinajstić information content (AvgIpc) is 2.45. The predicted molar refractivity (Wildman–Crippen MR) is 81.7 cm³/mol. The van der Waals surface area contributed by atoms with Gasteiger partial charge < -0.3 is 4.74 Å². The van der Waals surface area contributed by atoms with Gasteiger partial charge in [0.25, 0.3) is 10.0 Å². The van der Waals surface area contributed by atoms with Crippen LogP contribution in [0.4, 0.5) is 18.9 Å². The molecule has 0 unspecified atom stereocenters. The van der Waals surface area contributed by atoms with E-state index in [2.05, 4.69) is 9.46 Å². The normalized spacial score (nSPS) is 12.6. The van der Waals surface area contributed by atoms with Crippen molar-refractivity contribution in [3.05, 3.63) is 48.5 Å². The summed E-state index contributed by atoms with van der Waals surface area (Å²) in [4.78, 5) is -0.648. The molecule has 0 amide bonds. The van der Waals surface area contributed by atoms with Gasteiger partial charge in [-0.05, 0) is 42.5 Å². The van der Waals surface area contributed by atoms with E-state index in [-0.39, 0.29) is 15.5 Å². The summed E-state index contributed by atoms with van der Waals surface area (Å²) in [6.07, 6.45) is -4.90. The first kappa shape index (κ1) is 19.0. The molecule has 0 aliphatic heterocycles. The fourth-order valence-electron chi connectivity index (χ4n) is 1.77. The van der Waals surface area contributed by atoms with Gasteiger partial charge in [-0.3, -0.25) is 4.72 Å². The van der Waals surface area contributed by atoms with Crippen LogP contribution in [-0.2, 0) is 20.0 Å². The van der Waals surface area contributed by atoms with E-state index in [0.717, 1.165) is 30.3 Å². The molecule has 136 valence electrons. The van der Waals surface area contributed by atoms with Crippen molar-refractivity contribution in [1.82, 2.24) is 0 Å². The first-order valence-corrected chi connectivity index (χ1v) is 9.41. The molecule has 3 N–H and O–H groups in total. The van der Waals surface area contributed by atoms with Crippen LogP contribution in [0.25, 0.3) is 0 Å². The summed E-state index contributed by atoms with van der Waals surface area (Å²) in [7, 11) is -8.18. The third-order valence-electron chi connectivity index (χ3n) is 2.78. The summed E-state index contributed by atoms with van der Waals surface area (Å²) in [6.45, 7) is 0. The highest BCUT2D eigenvalue weighted by molar-refractivity contribution is 7.92. The second kappa shape index (κ2) is 6.54. The van der Waals surface area contributed by atoms with Crippen molar-refractivity contribution in [3.8, 4) is 5.75 Å². The SMILES string of the molecule is NS(=O)(=O)c1cccc(NS(=O)(=O)c2ccc(OC(F)(F)F)cc2)c1. The first-order valence-electron chi connectivity index (χ1n) is 6.38. The molecule has 0 bridgehead atoms. The molecule has 0 saturated carbocycles. The van der Waals surface area contributed by atoms with Gasteiger partial charge in [0.05, 0.1) is 15.5 Å². The van der Waals surface area contributed by atoms with Crippen LogP contribution in [0, 0.1) is 0 Å². The number of alkyl halides is 3. The number of primary sulfonamides is 1. The van der Waals surface area contributed by atoms with Gasteiger partial charge in [0.2, 0.25) is 10.0 Å². The topological polar surface area (TPSA) is 116 Å². The number of nitrogens with two attached hydrogens (primary N) is 1. The molecule has 0 fully saturated rings. The monoisotopic (exact) mass is 396 g/mol. The van der Waals surface area contributed by atoms with E-state index >= 15 is 0 Å². The highest BCUT2D eigenvalue weighted by Gasteiger charge is 2.31. The number of benzene rings is 2. The van der Waals surface area contributed by atoms with E-state index in [1.165, 1.54) is 18.2 Å². The van der Waals surface area contributed by atoms with Crippen LogP contribution in [-0.4, -0.2) is 23.2 Å². The van der Waals surface area contributed by atoms with Crippen LogP contribution >= 0.6 is 0 Å². The van der Waals surface area contributed by atoms with E-state index in [4.69, 9.17) is 5.14 Å². The summed E-state index contributed by atoms with van der Waals surface area (Å²) < 4.78 is 88.9. The smallest absolute Gasteiger partial charge is 0.406 e. The van der Waals surface area contributed by atoms with Crippen molar-refractivity contribution < 1.29 is 34.7 Å². The summed E-state index contributed by atoms with van der Waals surface area (Å²) in [6, 6.07) is 8.24. The number of ether oxygens (including phenoxy) is 1. The molecule has 0 heterocycles. The Morgan fingerprint density at radius 1 is 0.920 bits per heavy atom. The Labute approximate surface area is 141 Å². The molecule has 0 spiro atoms. The summed E-state index contributed by atoms with van der Waals surface area (Å²) in [5, 5.41) is 4.96. The fraction of sp³-hybridized carbons (Fsp3) is 0.0769. The molecular weight excluding hydrogens is 385 g/mol. The van der Waals surface area contributed by atoms with E-state index in [1.54, 1.807) is 0 Å². The van der Waals surface area contributed by atoms with Crippen molar-refractivity contribution in [2.24, 2.45) is 5.14 Å². The minimum Gasteiger partial charge on any atom is -0.406 e. The van der Waals surface area contributed by atoms with Crippen LogP contribution in [0.5, 0.6) is 5.75 Å². The number of halogens is 3. The van der Waals surface area contributed by atoms with Crippen LogP contribution in [0.15, 0.2) is 58.3 Å². The Morgan fingerprint density at radius 2 is 1.52 bits per heavy atom. The zero-order valence-corrected chi connectivity index (χ0v) is 13.8. The Hall–Kier alpha value is -2.31. The summed E-state index contributed by atoms with van der Waals surface area (Å²) >= 11 is 0. The van der Waals surface area contributed by atoms with Crippen LogP contribution in [0.1, 0.15) is 0 Å². The standard InChI is InChI=1S/C13H11F3N2O5S2/c14-13(15,16)23-10-4-6-11(7-5-10)25(21,22)18-9-2-1-3-12(8-9)24(17,19)20/h1-8,18H,(H2,17,19,20). The highest BCUT2D eigenvalue weighted by Crippen LogP contribution is 2.25. The van der Waals surface area contributed by atoms with Gasteiger partial charge in [-0.15, -0.1) is 13.2 Å². The minimum absolute atomic E-state index is 0.0813. The van der Waals surface area contributed by atoms with Crippen LogP contribution < -0.4 is 14.6 Å². The zero-order valence-electron chi connectivity index (χ0n) is 12.2. The molecule has 2 aromatic rings. The van der Waals surface area contributed by atoms with Crippen LogP contribution in [0.3, 0.4) is 0 Å². The predicted octanol–water partition coefficient (Wildman–Crippen LogP) is 2.03. The lowest BCUT2D eigenvalue weighted by atomic mass is 10.3. The molecule has 0 aliphatic carbocycles. The molecule has 12 heteroatoms. The van der Waals surface area contributed by atoms with E-state index in [9.17, 15) is 30.0 Å². The van der Waals surface area contributed by atoms with Crippen molar-refractivity contribution >= 4 is 25.7 Å². The molecule has 2 rings (SSSR count). The van der Waals surface area contributed by atoms with Gasteiger partial charge in [-0.25, -0.2) is 22.0 Å². The second-order valence-corrected chi connectivity index (χ2v) is 7.94. The Bertz CT molecular complexity index is 971. The van der Waals surface area contributed by atoms with E-state index in [0.29, 0.717) is 0 Å². The largest absolute Gasteiger partial charge is 0.573 e. The van der Waals surface area contributed by atoms with Crippen molar-refractivity contribution in [3.63, 3.8) is 0 Å². The molecule has 25 heavy (non-hydrogen) atoms. The molecule has 0 aromatic heterocycles. The minimum atomic E-state index is -4.90. The second-order valence-electron chi connectivity index (χ2n) is 4.70. The molecule has 0 aliphatic rings. The molecule has 0 radical (unpaired) electrons. The lowest BCUT2D eigenvalue weighted by Gasteiger charge is -2.11. The number of anilines is 1. The van der Waals surface area contributed by atoms with E-state index < -0.39 is 32.2 Å². The summed E-state index contributed by atoms with van der Waals surface area (Å²) in [5.74, 6) is -0.581. The lowest BCUT2D eigenvalue weighted by molar-refractivity contribution is -0.274. The number of rotatable bonds is 5. The quantitative estimate of drug-likeness (QED) is 0.802. The van der Waals surface area contributed by atoms with Crippen molar-refractivity contribution in [2.45, 2.75) is 16.2 Å². The summed E-state index contributed by atoms with van der Waals surface area (Å²) in [5.41, 5.74) is -0.0813. The molecule has 0 atom stereocenters. The van der Waals surface area contributed by atoms with Gasteiger partial charge in [-0.1, -0.05) is 6.07 Å².